The molecule has 0 unspecified atom stereocenters. The molecule has 0 fully saturated rings. The summed E-state index contributed by atoms with van der Waals surface area (Å²) in [7, 11) is -1.65. The first kappa shape index (κ1) is 16.0. The number of nitrogens with zero attached hydrogens (tertiary/aromatic N) is 2. The Kier molecular flexibility index (Phi) is 4.77. The summed E-state index contributed by atoms with van der Waals surface area (Å²) in [6.07, 6.45) is 0. The third kappa shape index (κ3) is 3.82. The van der Waals surface area contributed by atoms with Crippen LogP contribution in [0.4, 0.5) is 11.4 Å². The largest absolute Gasteiger partial charge is 0.374 e. The number of hydrogen-bond donors (Lipinski definition) is 0. The second-order valence-corrected chi connectivity index (χ2v) is 6.94. The Bertz CT molecular complexity index is 743. The van der Waals surface area contributed by atoms with E-state index in [1.54, 1.807) is 0 Å². The normalized spacial score (nSPS) is 11.1. The first-order valence-corrected chi connectivity index (χ1v) is 8.29. The molecule has 0 heterocycles. The maximum Gasteiger partial charge on any atom is 0.269 e. The van der Waals surface area contributed by atoms with Crippen molar-refractivity contribution in [3.05, 3.63) is 64.7 Å². The number of rotatable bonds is 6. The lowest BCUT2D eigenvalue weighted by Crippen LogP contribution is -2.25. The highest BCUT2D eigenvalue weighted by molar-refractivity contribution is 7.91. The first-order chi connectivity index (χ1) is 10.4. The molecule has 0 atom stereocenters. The van der Waals surface area contributed by atoms with Gasteiger partial charge in [-0.2, -0.15) is 0 Å². The molecule has 0 saturated heterocycles. The van der Waals surface area contributed by atoms with Crippen molar-refractivity contribution >= 4 is 21.2 Å². The average molecular weight is 320 g/mol. The van der Waals surface area contributed by atoms with Crippen molar-refractivity contribution in [1.29, 1.82) is 0 Å². The second-order valence-electron chi connectivity index (χ2n) is 4.83. The van der Waals surface area contributed by atoms with Crippen molar-refractivity contribution in [2.75, 3.05) is 24.2 Å². The second kappa shape index (κ2) is 6.57. The van der Waals surface area contributed by atoms with E-state index in [4.69, 9.17) is 0 Å². The van der Waals surface area contributed by atoms with Gasteiger partial charge in [-0.1, -0.05) is 18.2 Å². The summed E-state index contributed by atoms with van der Waals surface area (Å²) < 4.78 is 24.5. The fraction of sp³-hybridized carbons (Fsp3) is 0.200. The SMILES string of the molecule is CN(CCS(=O)(=O)c1ccc([N+](=O)[O-])cc1)c1ccccc1. The molecule has 0 saturated carbocycles. The summed E-state index contributed by atoms with van der Waals surface area (Å²) in [4.78, 5) is 12.0. The minimum atomic E-state index is -3.47. The summed E-state index contributed by atoms with van der Waals surface area (Å²) >= 11 is 0. The molecular formula is C15H16N2O4S. The molecule has 0 aliphatic rings. The van der Waals surface area contributed by atoms with Crippen LogP contribution in [0.15, 0.2) is 59.5 Å². The van der Waals surface area contributed by atoms with Crippen LogP contribution in [-0.2, 0) is 9.84 Å². The molecule has 6 nitrogen and oxygen atoms in total. The van der Waals surface area contributed by atoms with Crippen molar-refractivity contribution in [2.45, 2.75) is 4.90 Å². The molecule has 0 radical (unpaired) electrons. The van der Waals surface area contributed by atoms with Gasteiger partial charge in [0, 0.05) is 31.4 Å². The Labute approximate surface area is 129 Å². The number of benzene rings is 2. The molecule has 22 heavy (non-hydrogen) atoms. The van der Waals surface area contributed by atoms with Crippen LogP contribution >= 0.6 is 0 Å². The molecule has 0 N–H and O–H groups in total. The summed E-state index contributed by atoms with van der Waals surface area (Å²) in [6, 6.07) is 14.4. The van der Waals surface area contributed by atoms with Crippen molar-refractivity contribution in [1.82, 2.24) is 0 Å². The van der Waals surface area contributed by atoms with E-state index in [-0.39, 0.29) is 16.3 Å². The summed E-state index contributed by atoms with van der Waals surface area (Å²) in [6.45, 7) is 0.337. The zero-order chi connectivity index (χ0) is 16.2. The third-order valence-corrected chi connectivity index (χ3v) is 5.01. The number of nitro groups is 1. The van der Waals surface area contributed by atoms with Gasteiger partial charge in [-0.3, -0.25) is 10.1 Å². The fourth-order valence-corrected chi connectivity index (χ4v) is 3.26. The van der Waals surface area contributed by atoms with Gasteiger partial charge in [0.25, 0.3) is 5.69 Å². The van der Waals surface area contributed by atoms with Crippen LogP contribution in [0.1, 0.15) is 0 Å². The van der Waals surface area contributed by atoms with E-state index in [1.807, 2.05) is 42.3 Å². The predicted octanol–water partition coefficient (Wildman–Crippen LogP) is 2.50. The van der Waals surface area contributed by atoms with Gasteiger partial charge in [0.15, 0.2) is 9.84 Å². The Hall–Kier alpha value is -2.41. The minimum Gasteiger partial charge on any atom is -0.374 e. The summed E-state index contributed by atoms with van der Waals surface area (Å²) in [5.74, 6) is -0.0593. The van der Waals surface area contributed by atoms with Crippen LogP contribution in [0, 0.1) is 10.1 Å². The first-order valence-electron chi connectivity index (χ1n) is 6.63. The molecule has 0 amide bonds. The molecule has 2 rings (SSSR count). The van der Waals surface area contributed by atoms with Gasteiger partial charge in [-0.15, -0.1) is 0 Å². The van der Waals surface area contributed by atoms with E-state index in [1.165, 1.54) is 24.3 Å². The lowest BCUT2D eigenvalue weighted by atomic mass is 10.3. The Morgan fingerprint density at radius 1 is 1.05 bits per heavy atom. The maximum absolute atomic E-state index is 12.3. The molecule has 0 aromatic heterocycles. The van der Waals surface area contributed by atoms with Crippen LogP contribution in [0.2, 0.25) is 0 Å². The van der Waals surface area contributed by atoms with E-state index in [0.29, 0.717) is 6.54 Å². The molecule has 2 aromatic carbocycles. The van der Waals surface area contributed by atoms with Gasteiger partial charge in [-0.25, -0.2) is 8.42 Å². The summed E-state index contributed by atoms with van der Waals surface area (Å²) in [5, 5.41) is 10.6. The molecule has 2 aromatic rings. The van der Waals surface area contributed by atoms with Gasteiger partial charge in [-0.05, 0) is 24.3 Å². The number of hydrogen-bond acceptors (Lipinski definition) is 5. The molecular weight excluding hydrogens is 304 g/mol. The predicted molar refractivity (Wildman–Crippen MR) is 84.9 cm³/mol. The molecule has 0 spiro atoms. The molecule has 116 valence electrons. The van der Waals surface area contributed by atoms with Crippen LogP contribution < -0.4 is 4.90 Å². The van der Waals surface area contributed by atoms with E-state index in [2.05, 4.69) is 0 Å². The molecule has 7 heteroatoms. The summed E-state index contributed by atoms with van der Waals surface area (Å²) in [5.41, 5.74) is 0.807. The van der Waals surface area contributed by atoms with Crippen molar-refractivity contribution in [3.8, 4) is 0 Å². The highest BCUT2D eigenvalue weighted by Gasteiger charge is 2.17. The van der Waals surface area contributed by atoms with Crippen LogP contribution in [0.25, 0.3) is 0 Å². The zero-order valence-corrected chi connectivity index (χ0v) is 12.9. The number of nitro benzene ring substituents is 1. The van der Waals surface area contributed by atoms with E-state index >= 15 is 0 Å². The van der Waals surface area contributed by atoms with Gasteiger partial charge >= 0.3 is 0 Å². The zero-order valence-electron chi connectivity index (χ0n) is 12.0. The highest BCUT2D eigenvalue weighted by atomic mass is 32.2. The molecule has 0 bridgehead atoms. The number of para-hydroxylation sites is 1. The fourth-order valence-electron chi connectivity index (χ4n) is 1.96. The van der Waals surface area contributed by atoms with E-state index < -0.39 is 14.8 Å². The van der Waals surface area contributed by atoms with Crippen LogP contribution in [0.5, 0.6) is 0 Å². The van der Waals surface area contributed by atoms with Crippen molar-refractivity contribution < 1.29 is 13.3 Å². The molecule has 0 aliphatic heterocycles. The standard InChI is InChI=1S/C15H16N2O4S/c1-16(13-5-3-2-4-6-13)11-12-22(20,21)15-9-7-14(8-10-15)17(18)19/h2-10H,11-12H2,1H3. The quantitative estimate of drug-likeness (QED) is 0.603. The Morgan fingerprint density at radius 3 is 2.18 bits per heavy atom. The smallest absolute Gasteiger partial charge is 0.269 e. The van der Waals surface area contributed by atoms with Gasteiger partial charge < -0.3 is 4.90 Å². The Morgan fingerprint density at radius 2 is 1.64 bits per heavy atom. The van der Waals surface area contributed by atoms with Crippen LogP contribution in [0.3, 0.4) is 0 Å². The lowest BCUT2D eigenvalue weighted by Gasteiger charge is -2.19. The van der Waals surface area contributed by atoms with Gasteiger partial charge in [0.05, 0.1) is 15.6 Å². The monoisotopic (exact) mass is 320 g/mol. The number of non-ortho nitro benzene ring substituents is 1. The van der Waals surface area contributed by atoms with E-state index in [9.17, 15) is 18.5 Å². The van der Waals surface area contributed by atoms with Gasteiger partial charge in [0.1, 0.15) is 0 Å². The van der Waals surface area contributed by atoms with Gasteiger partial charge in [0.2, 0.25) is 0 Å². The maximum atomic E-state index is 12.3. The highest BCUT2D eigenvalue weighted by Crippen LogP contribution is 2.18. The lowest BCUT2D eigenvalue weighted by molar-refractivity contribution is -0.384. The van der Waals surface area contributed by atoms with Crippen LogP contribution in [-0.4, -0.2) is 32.7 Å². The molecule has 0 aliphatic carbocycles. The topological polar surface area (TPSA) is 80.5 Å². The minimum absolute atomic E-state index is 0.0593. The van der Waals surface area contributed by atoms with Crippen molar-refractivity contribution in [3.63, 3.8) is 0 Å². The Balaban J connectivity index is 2.06. The average Bonchev–Trinajstić information content (AvgIpc) is 2.53. The third-order valence-electron chi connectivity index (χ3n) is 3.30. The van der Waals surface area contributed by atoms with E-state index in [0.717, 1.165) is 5.69 Å². The number of anilines is 1. The number of sulfone groups is 1. The van der Waals surface area contributed by atoms with Crippen molar-refractivity contribution in [2.24, 2.45) is 0 Å².